The number of nitriles is 1. The molecule has 0 saturated heterocycles. The highest BCUT2D eigenvalue weighted by molar-refractivity contribution is 5.75. The number of carbonyl (C=O) groups is 1. The number of hydrogen-bond donors (Lipinski definition) is 1. The van der Waals surface area contributed by atoms with Crippen LogP contribution in [0.2, 0.25) is 0 Å². The van der Waals surface area contributed by atoms with E-state index < -0.39 is 17.2 Å². The Morgan fingerprint density at radius 2 is 2.22 bits per heavy atom. The fraction of sp³-hybridized carbons (Fsp3) is 0.455. The lowest BCUT2D eigenvalue weighted by Gasteiger charge is -2.07. The second-order valence-electron chi connectivity index (χ2n) is 3.57. The minimum absolute atomic E-state index is 0.189. The zero-order valence-electron chi connectivity index (χ0n) is 10.0. The van der Waals surface area contributed by atoms with E-state index >= 15 is 0 Å². The summed E-state index contributed by atoms with van der Waals surface area (Å²) in [7, 11) is 0. The Morgan fingerprint density at radius 1 is 1.50 bits per heavy atom. The Bertz CT molecular complexity index is 579. The van der Waals surface area contributed by atoms with Crippen LogP contribution >= 0.6 is 0 Å². The van der Waals surface area contributed by atoms with Gasteiger partial charge in [0.05, 0.1) is 12.5 Å². The Hall–Kier alpha value is -2.36. The molecule has 0 aliphatic carbocycles. The molecule has 0 spiro atoms. The Labute approximate surface area is 103 Å². The van der Waals surface area contributed by atoms with Crippen molar-refractivity contribution in [3.8, 4) is 6.07 Å². The highest BCUT2D eigenvalue weighted by atomic mass is 16.2. The van der Waals surface area contributed by atoms with E-state index in [9.17, 15) is 14.4 Å². The summed E-state index contributed by atoms with van der Waals surface area (Å²) >= 11 is 0. The molecule has 1 amide bonds. The van der Waals surface area contributed by atoms with Crippen LogP contribution in [0.1, 0.15) is 13.3 Å². The van der Waals surface area contributed by atoms with Crippen LogP contribution in [0, 0.1) is 11.3 Å². The lowest BCUT2D eigenvalue weighted by atomic mass is 10.4. The van der Waals surface area contributed by atoms with Gasteiger partial charge < -0.3 is 9.88 Å². The summed E-state index contributed by atoms with van der Waals surface area (Å²) in [6.07, 6.45) is 1.59. The van der Waals surface area contributed by atoms with E-state index in [1.807, 2.05) is 6.07 Å². The van der Waals surface area contributed by atoms with Crippen LogP contribution < -0.4 is 16.6 Å². The van der Waals surface area contributed by atoms with E-state index in [0.29, 0.717) is 6.54 Å². The maximum absolute atomic E-state index is 11.8. The highest BCUT2D eigenvalue weighted by Gasteiger charge is 2.08. The van der Waals surface area contributed by atoms with E-state index in [0.717, 1.165) is 4.57 Å². The summed E-state index contributed by atoms with van der Waals surface area (Å²) in [6, 6.07) is 3.12. The highest BCUT2D eigenvalue weighted by Crippen LogP contribution is 1.80. The molecule has 0 bridgehead atoms. The van der Waals surface area contributed by atoms with Crippen LogP contribution in [0.25, 0.3) is 0 Å². The second kappa shape index (κ2) is 6.39. The van der Waals surface area contributed by atoms with Gasteiger partial charge in [0.1, 0.15) is 6.54 Å². The van der Waals surface area contributed by atoms with Crippen molar-refractivity contribution < 1.29 is 4.79 Å². The maximum atomic E-state index is 11.8. The summed E-state index contributed by atoms with van der Waals surface area (Å²) < 4.78 is 2.20. The number of amides is 1. The molecule has 96 valence electrons. The van der Waals surface area contributed by atoms with Gasteiger partial charge in [-0.1, -0.05) is 0 Å². The summed E-state index contributed by atoms with van der Waals surface area (Å²) in [4.78, 5) is 34.7. The van der Waals surface area contributed by atoms with Gasteiger partial charge in [-0.15, -0.1) is 0 Å². The minimum atomic E-state index is -0.514. The minimum Gasteiger partial charge on any atom is -0.354 e. The molecule has 18 heavy (non-hydrogen) atoms. The first-order valence-corrected chi connectivity index (χ1v) is 5.54. The van der Waals surface area contributed by atoms with Gasteiger partial charge in [-0.2, -0.15) is 5.26 Å². The molecule has 1 aromatic rings. The van der Waals surface area contributed by atoms with Crippen molar-refractivity contribution in [1.29, 1.82) is 5.26 Å². The summed E-state index contributed by atoms with van der Waals surface area (Å²) in [5.74, 6) is -0.460. The number of nitrogens with one attached hydrogen (secondary N) is 1. The maximum Gasteiger partial charge on any atom is 0.331 e. The van der Waals surface area contributed by atoms with Gasteiger partial charge in [-0.05, 0) is 6.92 Å². The van der Waals surface area contributed by atoms with Gasteiger partial charge in [0.15, 0.2) is 0 Å². The molecule has 1 rings (SSSR count). The molecule has 0 aromatic carbocycles. The number of nitrogens with zero attached hydrogens (tertiary/aromatic N) is 3. The zero-order valence-corrected chi connectivity index (χ0v) is 10.0. The molecular weight excluding hydrogens is 236 g/mol. The van der Waals surface area contributed by atoms with Crippen LogP contribution in [-0.2, 0) is 17.9 Å². The molecule has 0 unspecified atom stereocenters. The van der Waals surface area contributed by atoms with Gasteiger partial charge in [0.25, 0.3) is 5.56 Å². The Kier molecular flexibility index (Phi) is 4.87. The van der Waals surface area contributed by atoms with Crippen molar-refractivity contribution in [3.05, 3.63) is 33.1 Å². The average Bonchev–Trinajstić information content (AvgIpc) is 2.35. The van der Waals surface area contributed by atoms with Crippen LogP contribution in [0.3, 0.4) is 0 Å². The van der Waals surface area contributed by atoms with E-state index in [1.54, 1.807) is 6.92 Å². The number of aryl methyl sites for hydroxylation is 1. The first-order chi connectivity index (χ1) is 8.60. The predicted octanol–water partition coefficient (Wildman–Crippen LogP) is -0.940. The van der Waals surface area contributed by atoms with Crippen molar-refractivity contribution >= 4 is 5.91 Å². The van der Waals surface area contributed by atoms with Gasteiger partial charge >= 0.3 is 5.69 Å². The fourth-order valence-electron chi connectivity index (χ4n) is 1.40. The third kappa shape index (κ3) is 3.31. The van der Waals surface area contributed by atoms with Gasteiger partial charge in [-0.25, -0.2) is 4.79 Å². The Balaban J connectivity index is 2.85. The van der Waals surface area contributed by atoms with Crippen molar-refractivity contribution in [1.82, 2.24) is 14.5 Å². The first-order valence-electron chi connectivity index (χ1n) is 5.54. The Morgan fingerprint density at radius 3 is 2.83 bits per heavy atom. The van der Waals surface area contributed by atoms with E-state index in [-0.39, 0.29) is 19.5 Å². The lowest BCUT2D eigenvalue weighted by Crippen LogP contribution is -2.43. The van der Waals surface area contributed by atoms with Crippen LogP contribution in [-0.4, -0.2) is 21.6 Å². The molecule has 7 nitrogen and oxygen atoms in total. The molecule has 0 aliphatic heterocycles. The van der Waals surface area contributed by atoms with Crippen molar-refractivity contribution in [3.63, 3.8) is 0 Å². The van der Waals surface area contributed by atoms with Gasteiger partial charge in [0, 0.05) is 25.4 Å². The lowest BCUT2D eigenvalue weighted by molar-refractivity contribution is -0.121. The third-order valence-corrected chi connectivity index (χ3v) is 2.34. The molecule has 7 heteroatoms. The van der Waals surface area contributed by atoms with E-state index in [1.165, 1.54) is 16.8 Å². The molecule has 0 aliphatic rings. The molecule has 1 aromatic heterocycles. The average molecular weight is 250 g/mol. The fourth-order valence-corrected chi connectivity index (χ4v) is 1.40. The van der Waals surface area contributed by atoms with E-state index in [2.05, 4.69) is 5.32 Å². The standard InChI is InChI=1S/C11H14N4O3/c1-2-14-7-4-10(17)15(11(14)18)8-9(16)13-6-3-5-12/h4,7H,2-3,6,8H2,1H3,(H,13,16). The predicted molar refractivity (Wildman–Crippen MR) is 63.9 cm³/mol. The van der Waals surface area contributed by atoms with Crippen LogP contribution in [0.4, 0.5) is 0 Å². The molecule has 0 fully saturated rings. The molecule has 0 radical (unpaired) electrons. The van der Waals surface area contributed by atoms with E-state index in [4.69, 9.17) is 5.26 Å². The molecule has 1 heterocycles. The number of rotatable bonds is 5. The SMILES string of the molecule is CCn1ccc(=O)n(CC(=O)NCCC#N)c1=O. The number of aromatic nitrogens is 2. The zero-order chi connectivity index (χ0) is 13.5. The summed E-state index contributed by atoms with van der Waals surface area (Å²) in [6.45, 7) is 2.07. The largest absolute Gasteiger partial charge is 0.354 e. The molecule has 0 atom stereocenters. The van der Waals surface area contributed by atoms with Crippen LogP contribution in [0.15, 0.2) is 21.9 Å². The third-order valence-electron chi connectivity index (χ3n) is 2.34. The summed E-state index contributed by atoms with van der Waals surface area (Å²) in [5.41, 5.74) is -1.03. The smallest absolute Gasteiger partial charge is 0.331 e. The van der Waals surface area contributed by atoms with Gasteiger partial charge in [-0.3, -0.25) is 14.2 Å². The molecule has 1 N–H and O–H groups in total. The molecular formula is C11H14N4O3. The van der Waals surface area contributed by atoms with Crippen molar-refractivity contribution in [2.75, 3.05) is 6.54 Å². The van der Waals surface area contributed by atoms with Crippen LogP contribution in [0.5, 0.6) is 0 Å². The van der Waals surface area contributed by atoms with Crippen molar-refractivity contribution in [2.45, 2.75) is 26.4 Å². The normalized spacial score (nSPS) is 9.78. The monoisotopic (exact) mass is 250 g/mol. The van der Waals surface area contributed by atoms with Crippen molar-refractivity contribution in [2.24, 2.45) is 0 Å². The quantitative estimate of drug-likeness (QED) is 0.682. The topological polar surface area (TPSA) is 96.9 Å². The van der Waals surface area contributed by atoms with Gasteiger partial charge in [0.2, 0.25) is 5.91 Å². The second-order valence-corrected chi connectivity index (χ2v) is 3.57. The number of hydrogen-bond acceptors (Lipinski definition) is 4. The summed E-state index contributed by atoms with van der Waals surface area (Å²) in [5, 5.41) is 10.8. The molecule has 0 saturated carbocycles. The number of carbonyl (C=O) groups excluding carboxylic acids is 1. The first kappa shape index (κ1) is 13.7.